The predicted molar refractivity (Wildman–Crippen MR) is 188 cm³/mol. The topological polar surface area (TPSA) is 174 Å². The van der Waals surface area contributed by atoms with Crippen molar-refractivity contribution in [3.8, 4) is 17.2 Å². The quantitative estimate of drug-likeness (QED) is 0.152. The maximum atomic E-state index is 10.3. The van der Waals surface area contributed by atoms with Gasteiger partial charge in [0.25, 0.3) is 0 Å². The lowest BCUT2D eigenvalue weighted by Gasteiger charge is -2.53. The van der Waals surface area contributed by atoms with Crippen LogP contribution in [0.4, 0.5) is 0 Å². The molecule has 3 aliphatic carbocycles. The van der Waals surface area contributed by atoms with E-state index in [1.165, 1.54) is 42.4 Å². The fourth-order valence-corrected chi connectivity index (χ4v) is 9.21. The zero-order valence-corrected chi connectivity index (χ0v) is 30.1. The van der Waals surface area contributed by atoms with Crippen LogP contribution < -0.4 is 9.47 Å². The summed E-state index contributed by atoms with van der Waals surface area (Å²) in [7, 11) is 1.75. The van der Waals surface area contributed by atoms with Crippen molar-refractivity contribution in [3.63, 3.8) is 0 Å². The van der Waals surface area contributed by atoms with Crippen LogP contribution in [0.15, 0.2) is 36.4 Å². The highest BCUT2D eigenvalue weighted by atomic mass is 16.5. The van der Waals surface area contributed by atoms with E-state index < -0.39 is 36.4 Å². The zero-order chi connectivity index (χ0) is 36.8. The summed E-state index contributed by atoms with van der Waals surface area (Å²) < 4.78 is 12.1. The summed E-state index contributed by atoms with van der Waals surface area (Å²) in [6, 6.07) is 12.6. The number of hydrogen-bond acceptors (Lipinski definition) is 8. The number of aromatic hydroxyl groups is 1. The molecule has 0 bridgehead atoms. The number of benzene rings is 2. The molecule has 1 unspecified atom stereocenters. The number of hydrogen-bond donors (Lipinski definition) is 5. The van der Waals surface area contributed by atoms with E-state index in [0.717, 1.165) is 68.3 Å². The van der Waals surface area contributed by atoms with Gasteiger partial charge in [-0.1, -0.05) is 39.8 Å². The molecule has 11 nitrogen and oxygen atoms in total. The number of phenolic OH excluding ortho intramolecular Hbond substituents is 1. The summed E-state index contributed by atoms with van der Waals surface area (Å²) in [4.78, 5) is 32.9. The van der Waals surface area contributed by atoms with Gasteiger partial charge in [-0.3, -0.25) is 14.5 Å². The van der Waals surface area contributed by atoms with E-state index in [1.54, 1.807) is 7.11 Å². The van der Waals surface area contributed by atoms with Crippen molar-refractivity contribution in [2.24, 2.45) is 29.1 Å². The smallest absolute Gasteiger partial charge is 0.336 e. The number of carboxylic acids is 3. The highest BCUT2D eigenvalue weighted by molar-refractivity contribution is 5.88. The van der Waals surface area contributed by atoms with Crippen LogP contribution >= 0.6 is 0 Å². The number of methoxy groups -OCH3 is 1. The number of fused-ring (bicyclic) bond motifs is 5. The van der Waals surface area contributed by atoms with Crippen LogP contribution in [0.3, 0.4) is 0 Å². The number of carboxylic acid groups (broad SMARTS) is 3. The lowest BCUT2D eigenvalue weighted by Crippen LogP contribution is -2.45. The van der Waals surface area contributed by atoms with Crippen LogP contribution in [-0.2, 0) is 27.3 Å². The number of aliphatic hydroxyl groups is 1. The van der Waals surface area contributed by atoms with Crippen molar-refractivity contribution in [1.82, 2.24) is 4.90 Å². The fraction of sp³-hybridized carbons (Fsp3) is 0.615. The second kappa shape index (κ2) is 16.5. The summed E-state index contributed by atoms with van der Waals surface area (Å²) in [5.41, 5.74) is 1.85. The van der Waals surface area contributed by atoms with Crippen molar-refractivity contribution in [1.29, 1.82) is 0 Å². The Bertz CT molecular complexity index is 1490. The van der Waals surface area contributed by atoms with Gasteiger partial charge in [0.2, 0.25) is 0 Å². The normalized spacial score (nSPS) is 25.4. The molecule has 5 N–H and O–H groups in total. The lowest BCUT2D eigenvalue weighted by atomic mass is 9.51. The van der Waals surface area contributed by atoms with Gasteiger partial charge in [0, 0.05) is 6.54 Å². The first-order valence-electron chi connectivity index (χ1n) is 17.9. The first kappa shape index (κ1) is 39.0. The third kappa shape index (κ3) is 8.72. The van der Waals surface area contributed by atoms with Crippen LogP contribution in [0, 0.1) is 29.1 Å². The summed E-state index contributed by atoms with van der Waals surface area (Å²) >= 11 is 0. The lowest BCUT2D eigenvalue weighted by molar-refractivity contribution is -0.170. The molecule has 50 heavy (non-hydrogen) atoms. The average Bonchev–Trinajstić information content (AvgIpc) is 3.39. The molecular formula is C39H55NO10. The minimum Gasteiger partial charge on any atom is -0.508 e. The van der Waals surface area contributed by atoms with E-state index in [9.17, 15) is 19.5 Å². The number of ether oxygens (including phenoxy) is 2. The standard InChI is InChI=1S/C33H47NO3.C6H8O7/c1-6-34(7-2)21-23-8-13-30(31(19-23)36-5)37-17-15-25-9-12-29-32-22(3)18-24-20-26(35)10-11-27(24)28(32)14-16-33(25,29)4;7-3(8)1-6(13,5(11)12)2-4(9)10/h8,10-11,13,19-20,22,25,28-29,32,35H,6-7,9,12,14-18,21H2,1-5H3;13H,1-2H2,(H,7,8)(H,9,10)(H,11,12)/t22?,25-,28-,29+,32-,33-;/m1./s1. The highest BCUT2D eigenvalue weighted by Gasteiger charge is 2.56. The Kier molecular flexibility index (Phi) is 12.8. The number of carbonyl (C=O) groups is 3. The molecule has 6 atom stereocenters. The molecule has 3 aliphatic rings. The van der Waals surface area contributed by atoms with Gasteiger partial charge in [0.15, 0.2) is 17.1 Å². The number of rotatable bonds is 14. The van der Waals surface area contributed by atoms with Gasteiger partial charge < -0.3 is 35.0 Å². The van der Waals surface area contributed by atoms with E-state index >= 15 is 0 Å². The molecule has 276 valence electrons. The molecule has 2 fully saturated rings. The minimum atomic E-state index is -2.74. The molecule has 0 aromatic heterocycles. The molecule has 0 radical (unpaired) electrons. The van der Waals surface area contributed by atoms with Gasteiger partial charge in [-0.2, -0.15) is 0 Å². The Hall–Kier alpha value is -3.83. The van der Waals surface area contributed by atoms with Crippen molar-refractivity contribution in [2.75, 3.05) is 26.8 Å². The molecule has 11 heteroatoms. The monoisotopic (exact) mass is 697 g/mol. The van der Waals surface area contributed by atoms with Gasteiger partial charge >= 0.3 is 17.9 Å². The SMILES string of the molecule is CCN(CC)Cc1ccc(OCC[C@H]2CC[C@H]3[C@@H]4C(C)Cc5cc(O)ccc5[C@H]4CC[C@]23C)c(OC)c1.O=C(O)CC(O)(CC(=O)O)C(=O)O. The van der Waals surface area contributed by atoms with Crippen LogP contribution in [0.1, 0.15) is 95.2 Å². The van der Waals surface area contributed by atoms with Crippen molar-refractivity contribution in [2.45, 2.75) is 97.1 Å². The Morgan fingerprint density at radius 1 is 0.960 bits per heavy atom. The first-order chi connectivity index (χ1) is 23.6. The second-order valence-corrected chi connectivity index (χ2v) is 14.7. The maximum Gasteiger partial charge on any atom is 0.336 e. The van der Waals surface area contributed by atoms with E-state index in [2.05, 4.69) is 56.9 Å². The maximum absolute atomic E-state index is 10.3. The highest BCUT2D eigenvalue weighted by Crippen LogP contribution is 2.64. The average molecular weight is 698 g/mol. The van der Waals surface area contributed by atoms with E-state index in [-0.39, 0.29) is 0 Å². The summed E-state index contributed by atoms with van der Waals surface area (Å²) in [6.07, 6.45) is 5.19. The predicted octanol–water partition coefficient (Wildman–Crippen LogP) is 6.18. The van der Waals surface area contributed by atoms with E-state index in [4.69, 9.17) is 29.9 Å². The Labute approximate surface area is 295 Å². The molecule has 0 spiro atoms. The van der Waals surface area contributed by atoms with Crippen molar-refractivity contribution in [3.05, 3.63) is 53.1 Å². The molecular weight excluding hydrogens is 642 g/mol. The number of phenols is 1. The van der Waals surface area contributed by atoms with E-state index in [0.29, 0.717) is 23.0 Å². The molecule has 2 saturated carbocycles. The summed E-state index contributed by atoms with van der Waals surface area (Å²) in [5.74, 6) is 0.735. The minimum absolute atomic E-state index is 0.408. The Morgan fingerprint density at radius 3 is 2.24 bits per heavy atom. The van der Waals surface area contributed by atoms with Crippen LogP contribution in [0.5, 0.6) is 17.2 Å². The molecule has 0 amide bonds. The van der Waals surface area contributed by atoms with Crippen LogP contribution in [0.25, 0.3) is 0 Å². The van der Waals surface area contributed by atoms with Gasteiger partial charge in [0.1, 0.15) is 5.75 Å². The third-order valence-corrected chi connectivity index (χ3v) is 11.8. The number of nitrogens with zero attached hydrogens (tertiary/aromatic N) is 1. The second-order valence-electron chi connectivity index (χ2n) is 14.7. The van der Waals surface area contributed by atoms with E-state index in [1.807, 2.05) is 12.1 Å². The summed E-state index contributed by atoms with van der Waals surface area (Å²) in [5, 5.41) is 43.9. The first-order valence-corrected chi connectivity index (χ1v) is 17.9. The molecule has 5 rings (SSSR count). The van der Waals surface area contributed by atoms with Crippen molar-refractivity contribution < 1.29 is 49.4 Å². The van der Waals surface area contributed by atoms with Crippen molar-refractivity contribution >= 4 is 17.9 Å². The molecule has 2 aromatic rings. The molecule has 0 saturated heterocycles. The largest absolute Gasteiger partial charge is 0.508 e. The molecule has 0 heterocycles. The van der Waals surface area contributed by atoms with Crippen LogP contribution in [-0.4, -0.2) is 80.7 Å². The van der Waals surface area contributed by atoms with Gasteiger partial charge in [-0.25, -0.2) is 4.79 Å². The number of aliphatic carboxylic acids is 3. The third-order valence-electron chi connectivity index (χ3n) is 11.8. The Morgan fingerprint density at radius 2 is 1.64 bits per heavy atom. The van der Waals surface area contributed by atoms with Gasteiger partial charge in [-0.15, -0.1) is 0 Å². The van der Waals surface area contributed by atoms with Crippen LogP contribution in [0.2, 0.25) is 0 Å². The molecule has 2 aromatic carbocycles. The fourth-order valence-electron chi connectivity index (χ4n) is 9.21. The zero-order valence-electron chi connectivity index (χ0n) is 30.1. The molecule has 0 aliphatic heterocycles. The van der Waals surface area contributed by atoms with Gasteiger partial charge in [-0.05, 0) is 128 Å². The summed E-state index contributed by atoms with van der Waals surface area (Å²) in [6.45, 7) is 13.3. The van der Waals surface area contributed by atoms with Gasteiger partial charge in [0.05, 0.1) is 26.6 Å². The Balaban J connectivity index is 0.000000369.